The predicted octanol–water partition coefficient (Wildman–Crippen LogP) is 4.83. The van der Waals surface area contributed by atoms with E-state index in [1.165, 1.54) is 0 Å². The van der Waals surface area contributed by atoms with E-state index in [9.17, 15) is 9.59 Å². The SMILES string of the molecule is CC1CN(C(=O)c2cc3ccoc3n2C(C)c2ccccc2)CCN1C(=O)c1ccccc1. The van der Waals surface area contributed by atoms with Gasteiger partial charge in [-0.05, 0) is 43.7 Å². The molecule has 0 bridgehead atoms. The Labute approximate surface area is 193 Å². The molecule has 4 aromatic rings. The maximum absolute atomic E-state index is 13.7. The van der Waals surface area contributed by atoms with Gasteiger partial charge < -0.3 is 14.2 Å². The molecule has 2 amide bonds. The first kappa shape index (κ1) is 21.1. The first-order chi connectivity index (χ1) is 16.0. The number of nitrogens with zero attached hydrogens (tertiary/aromatic N) is 3. The molecule has 6 heteroatoms. The highest BCUT2D eigenvalue weighted by Gasteiger charge is 2.33. The Hall–Kier alpha value is -3.80. The van der Waals surface area contributed by atoms with E-state index in [-0.39, 0.29) is 23.9 Å². The van der Waals surface area contributed by atoms with Gasteiger partial charge in [-0.1, -0.05) is 48.5 Å². The Bertz CT molecular complexity index is 1280. The summed E-state index contributed by atoms with van der Waals surface area (Å²) in [6, 6.07) is 23.1. The third-order valence-corrected chi connectivity index (χ3v) is 6.53. The van der Waals surface area contributed by atoms with E-state index in [0.29, 0.717) is 36.6 Å². The van der Waals surface area contributed by atoms with E-state index in [4.69, 9.17) is 4.42 Å². The summed E-state index contributed by atoms with van der Waals surface area (Å²) in [6.07, 6.45) is 1.66. The third kappa shape index (κ3) is 3.82. The molecular formula is C27H27N3O3. The van der Waals surface area contributed by atoms with Crippen molar-refractivity contribution >= 4 is 22.9 Å². The lowest BCUT2D eigenvalue weighted by Crippen LogP contribution is -2.55. The molecule has 2 unspecified atom stereocenters. The summed E-state index contributed by atoms with van der Waals surface area (Å²) >= 11 is 0. The van der Waals surface area contributed by atoms with Crippen molar-refractivity contribution in [3.63, 3.8) is 0 Å². The fourth-order valence-electron chi connectivity index (χ4n) is 4.73. The molecule has 0 spiro atoms. The lowest BCUT2D eigenvalue weighted by molar-refractivity contribution is 0.0409. The minimum absolute atomic E-state index is 0.00814. The Balaban J connectivity index is 1.40. The predicted molar refractivity (Wildman–Crippen MR) is 127 cm³/mol. The van der Waals surface area contributed by atoms with Gasteiger partial charge in [0.1, 0.15) is 5.69 Å². The van der Waals surface area contributed by atoms with Crippen LogP contribution in [0.5, 0.6) is 0 Å². The summed E-state index contributed by atoms with van der Waals surface area (Å²) in [5.74, 6) is -0.0309. The Kier molecular flexibility index (Phi) is 5.50. The monoisotopic (exact) mass is 441 g/mol. The molecule has 0 N–H and O–H groups in total. The molecule has 1 aliphatic heterocycles. The Morgan fingerprint density at radius 2 is 1.64 bits per heavy atom. The molecule has 2 aromatic heterocycles. The van der Waals surface area contributed by atoms with Crippen LogP contribution in [0.2, 0.25) is 0 Å². The second-order valence-corrected chi connectivity index (χ2v) is 8.63. The van der Waals surface area contributed by atoms with Crippen molar-refractivity contribution < 1.29 is 14.0 Å². The molecule has 6 nitrogen and oxygen atoms in total. The smallest absolute Gasteiger partial charge is 0.270 e. The second kappa shape index (κ2) is 8.62. The van der Waals surface area contributed by atoms with Gasteiger partial charge in [-0.25, -0.2) is 0 Å². The molecule has 0 saturated carbocycles. The molecule has 1 saturated heterocycles. The molecule has 2 aromatic carbocycles. The highest BCUT2D eigenvalue weighted by atomic mass is 16.3. The van der Waals surface area contributed by atoms with Crippen molar-refractivity contribution in [2.24, 2.45) is 0 Å². The molecular weight excluding hydrogens is 414 g/mol. The summed E-state index contributed by atoms with van der Waals surface area (Å²) in [7, 11) is 0. The first-order valence-electron chi connectivity index (χ1n) is 11.3. The number of fused-ring (bicyclic) bond motifs is 1. The zero-order valence-corrected chi connectivity index (χ0v) is 18.8. The van der Waals surface area contributed by atoms with Crippen LogP contribution in [0.4, 0.5) is 0 Å². The lowest BCUT2D eigenvalue weighted by atomic mass is 10.1. The van der Waals surface area contributed by atoms with Gasteiger partial charge in [-0.15, -0.1) is 0 Å². The van der Waals surface area contributed by atoms with Crippen LogP contribution in [0.3, 0.4) is 0 Å². The molecule has 3 heterocycles. The molecule has 0 aliphatic carbocycles. The topological polar surface area (TPSA) is 58.7 Å². The number of carbonyl (C=O) groups excluding carboxylic acids is 2. The average molecular weight is 442 g/mol. The van der Waals surface area contributed by atoms with Gasteiger partial charge in [-0.2, -0.15) is 0 Å². The molecule has 1 aliphatic rings. The standard InChI is InChI=1S/C27H27N3O3/c1-19-18-28(14-15-29(19)25(31)22-11-7-4-8-12-22)26(32)24-17-23-13-16-33-27(23)30(24)20(2)21-9-5-3-6-10-21/h3-13,16-17,19-20H,14-15,18H2,1-2H3. The van der Waals surface area contributed by atoms with Gasteiger partial charge in [0.05, 0.1) is 12.3 Å². The number of hydrogen-bond donors (Lipinski definition) is 0. The summed E-state index contributed by atoms with van der Waals surface area (Å²) in [4.78, 5) is 30.3. The maximum Gasteiger partial charge on any atom is 0.270 e. The normalized spacial score (nSPS) is 17.3. The zero-order chi connectivity index (χ0) is 22.9. The van der Waals surface area contributed by atoms with Crippen molar-refractivity contribution in [1.29, 1.82) is 0 Å². The summed E-state index contributed by atoms with van der Waals surface area (Å²) in [5, 5.41) is 0.909. The lowest BCUT2D eigenvalue weighted by Gasteiger charge is -2.40. The van der Waals surface area contributed by atoms with Crippen LogP contribution in [0.15, 0.2) is 83.5 Å². The molecule has 1 fully saturated rings. The maximum atomic E-state index is 13.7. The Morgan fingerprint density at radius 3 is 2.33 bits per heavy atom. The second-order valence-electron chi connectivity index (χ2n) is 8.63. The van der Waals surface area contributed by atoms with Gasteiger partial charge in [0, 0.05) is 36.6 Å². The molecule has 5 rings (SSSR count). The summed E-state index contributed by atoms with van der Waals surface area (Å²) < 4.78 is 7.75. The Morgan fingerprint density at radius 1 is 0.939 bits per heavy atom. The highest BCUT2D eigenvalue weighted by molar-refractivity contribution is 5.98. The van der Waals surface area contributed by atoms with Crippen molar-refractivity contribution in [3.8, 4) is 0 Å². The van der Waals surface area contributed by atoms with Crippen molar-refractivity contribution in [1.82, 2.24) is 14.4 Å². The van der Waals surface area contributed by atoms with Crippen molar-refractivity contribution in [3.05, 3.63) is 95.9 Å². The van der Waals surface area contributed by atoms with E-state index in [2.05, 4.69) is 19.1 Å². The van der Waals surface area contributed by atoms with Crippen LogP contribution in [0.25, 0.3) is 11.1 Å². The number of aromatic nitrogens is 1. The van der Waals surface area contributed by atoms with Crippen LogP contribution in [0.1, 0.15) is 46.3 Å². The molecule has 33 heavy (non-hydrogen) atoms. The zero-order valence-electron chi connectivity index (χ0n) is 18.8. The fourth-order valence-corrected chi connectivity index (χ4v) is 4.73. The molecule has 0 radical (unpaired) electrons. The third-order valence-electron chi connectivity index (χ3n) is 6.53. The minimum Gasteiger partial charge on any atom is -0.448 e. The van der Waals surface area contributed by atoms with Gasteiger partial charge in [0.25, 0.3) is 11.8 Å². The van der Waals surface area contributed by atoms with Crippen LogP contribution in [-0.4, -0.2) is 51.9 Å². The number of amides is 2. The number of carbonyl (C=O) groups is 2. The largest absolute Gasteiger partial charge is 0.448 e. The highest BCUT2D eigenvalue weighted by Crippen LogP contribution is 2.30. The number of piperazine rings is 1. The van der Waals surface area contributed by atoms with E-state index >= 15 is 0 Å². The van der Waals surface area contributed by atoms with Crippen molar-refractivity contribution in [2.75, 3.05) is 19.6 Å². The van der Waals surface area contributed by atoms with E-state index in [1.54, 1.807) is 6.26 Å². The number of rotatable bonds is 4. The fraction of sp³-hybridized carbons (Fsp3) is 0.259. The van der Waals surface area contributed by atoms with Gasteiger partial charge in [0.2, 0.25) is 5.71 Å². The first-order valence-corrected chi connectivity index (χ1v) is 11.3. The summed E-state index contributed by atoms with van der Waals surface area (Å²) in [5.41, 5.74) is 3.08. The van der Waals surface area contributed by atoms with E-state index in [1.807, 2.05) is 82.0 Å². The molecule has 2 atom stereocenters. The quantitative estimate of drug-likeness (QED) is 0.456. The van der Waals surface area contributed by atoms with E-state index < -0.39 is 0 Å². The van der Waals surface area contributed by atoms with Gasteiger partial charge >= 0.3 is 0 Å². The molecule has 168 valence electrons. The average Bonchev–Trinajstić information content (AvgIpc) is 3.45. The van der Waals surface area contributed by atoms with Crippen LogP contribution in [-0.2, 0) is 0 Å². The minimum atomic E-state index is -0.0756. The number of benzene rings is 2. The van der Waals surface area contributed by atoms with Gasteiger partial charge in [-0.3, -0.25) is 14.2 Å². The van der Waals surface area contributed by atoms with Gasteiger partial charge in [0.15, 0.2) is 0 Å². The number of furan rings is 1. The van der Waals surface area contributed by atoms with Crippen molar-refractivity contribution in [2.45, 2.75) is 25.9 Å². The van der Waals surface area contributed by atoms with Crippen LogP contribution >= 0.6 is 0 Å². The van der Waals surface area contributed by atoms with Crippen LogP contribution in [0, 0.1) is 0 Å². The van der Waals surface area contributed by atoms with E-state index in [0.717, 1.165) is 10.9 Å². The summed E-state index contributed by atoms with van der Waals surface area (Å²) in [6.45, 7) is 5.56. The van der Waals surface area contributed by atoms with Crippen LogP contribution < -0.4 is 0 Å². The number of hydrogen-bond acceptors (Lipinski definition) is 3.